The van der Waals surface area contributed by atoms with E-state index in [1.165, 1.54) is 5.56 Å². The molecule has 5 nitrogen and oxygen atoms in total. The molecule has 0 aliphatic carbocycles. The van der Waals surface area contributed by atoms with Crippen LogP contribution < -0.4 is 25.4 Å². The molecule has 4 rings (SSSR count). The molecule has 0 aromatic heterocycles. The number of benzene rings is 2. The van der Waals surface area contributed by atoms with Gasteiger partial charge in [0.1, 0.15) is 11.4 Å². The van der Waals surface area contributed by atoms with Crippen molar-refractivity contribution in [2.24, 2.45) is 0 Å². The second-order valence-electron chi connectivity index (χ2n) is 7.78. The molecule has 0 bridgehead atoms. The first-order valence-electron chi connectivity index (χ1n) is 9.96. The van der Waals surface area contributed by atoms with Gasteiger partial charge in [0.2, 0.25) is 10.9 Å². The van der Waals surface area contributed by atoms with Crippen LogP contribution in [-0.4, -0.2) is 33.3 Å². The highest BCUT2D eigenvalue weighted by Crippen LogP contribution is 2.33. The lowest BCUT2D eigenvalue weighted by molar-refractivity contribution is 0.413. The van der Waals surface area contributed by atoms with Crippen molar-refractivity contribution in [3.05, 3.63) is 73.5 Å². The monoisotopic (exact) mass is 390 g/mol. The molecule has 29 heavy (non-hydrogen) atoms. The normalized spacial score (nSPS) is 14.5. The molecule has 0 unspecified atom stereocenters. The number of hydrogen-bond acceptors (Lipinski definition) is 5. The highest BCUT2D eigenvalue weighted by molar-refractivity contribution is 5.85. The van der Waals surface area contributed by atoms with Gasteiger partial charge in [0.15, 0.2) is 0 Å². The first-order valence-corrected chi connectivity index (χ1v) is 9.96. The third-order valence-corrected chi connectivity index (χ3v) is 6.02. The smallest absolute Gasteiger partial charge is 0.250 e. The van der Waals surface area contributed by atoms with Crippen LogP contribution in [0.3, 0.4) is 0 Å². The van der Waals surface area contributed by atoms with E-state index in [2.05, 4.69) is 28.9 Å². The number of ether oxygens (including phenoxy) is 1. The van der Waals surface area contributed by atoms with Gasteiger partial charge in [-0.2, -0.15) is 0 Å². The molecule has 3 aromatic carbocycles. The van der Waals surface area contributed by atoms with Crippen LogP contribution in [0.5, 0.6) is 5.75 Å². The second-order valence-corrected chi connectivity index (χ2v) is 7.78. The van der Waals surface area contributed by atoms with Gasteiger partial charge in [-0.25, -0.2) is 0 Å². The minimum absolute atomic E-state index is 0.358. The summed E-state index contributed by atoms with van der Waals surface area (Å²) in [5.74, 6) is 0.849. The Labute approximate surface area is 170 Å². The van der Waals surface area contributed by atoms with Crippen LogP contribution in [0.15, 0.2) is 46.0 Å². The van der Waals surface area contributed by atoms with E-state index in [-0.39, 0.29) is 10.9 Å². The molecular formula is C24H26N2O3. The summed E-state index contributed by atoms with van der Waals surface area (Å²) in [6.07, 6.45) is 0. The molecule has 1 aliphatic heterocycles. The average molecular weight is 390 g/mol. The van der Waals surface area contributed by atoms with Crippen molar-refractivity contribution < 1.29 is 4.74 Å². The zero-order chi connectivity index (χ0) is 20.7. The van der Waals surface area contributed by atoms with Gasteiger partial charge in [0.25, 0.3) is 0 Å². The molecule has 0 amide bonds. The van der Waals surface area contributed by atoms with Gasteiger partial charge in [-0.3, -0.25) is 9.59 Å². The Balaban J connectivity index is 1.61. The second kappa shape index (κ2) is 7.39. The molecule has 0 saturated carbocycles. The predicted molar refractivity (Wildman–Crippen MR) is 118 cm³/mol. The first-order chi connectivity index (χ1) is 13.9. The lowest BCUT2D eigenvalue weighted by Gasteiger charge is -2.38. The fourth-order valence-electron chi connectivity index (χ4n) is 4.22. The number of para-hydroxylation sites is 2. The van der Waals surface area contributed by atoms with Gasteiger partial charge < -0.3 is 14.5 Å². The van der Waals surface area contributed by atoms with Crippen molar-refractivity contribution in [3.63, 3.8) is 0 Å². The molecule has 1 saturated heterocycles. The zero-order valence-electron chi connectivity index (χ0n) is 17.4. The van der Waals surface area contributed by atoms with Gasteiger partial charge in [-0.15, -0.1) is 0 Å². The van der Waals surface area contributed by atoms with E-state index in [0.29, 0.717) is 24.3 Å². The van der Waals surface area contributed by atoms with E-state index in [0.717, 1.165) is 41.2 Å². The molecule has 0 N–H and O–H groups in total. The van der Waals surface area contributed by atoms with Crippen LogP contribution in [0.4, 0.5) is 11.4 Å². The highest BCUT2D eigenvalue weighted by Gasteiger charge is 2.30. The highest BCUT2D eigenvalue weighted by atomic mass is 16.5. The largest absolute Gasteiger partial charge is 0.495 e. The molecule has 0 spiro atoms. The fraction of sp³-hybridized carbons (Fsp3) is 0.333. The topological polar surface area (TPSA) is 49.9 Å². The van der Waals surface area contributed by atoms with Crippen molar-refractivity contribution in [1.82, 2.24) is 0 Å². The summed E-state index contributed by atoms with van der Waals surface area (Å²) in [6, 6.07) is 12.1. The quantitative estimate of drug-likeness (QED) is 0.641. The van der Waals surface area contributed by atoms with E-state index in [4.69, 9.17) is 4.74 Å². The van der Waals surface area contributed by atoms with E-state index < -0.39 is 0 Å². The Hall–Kier alpha value is -3.08. The number of nitrogens with zero attached hydrogens (tertiary/aromatic N) is 2. The van der Waals surface area contributed by atoms with Gasteiger partial charge in [-0.05, 0) is 55.2 Å². The summed E-state index contributed by atoms with van der Waals surface area (Å²) >= 11 is 0. The minimum Gasteiger partial charge on any atom is -0.495 e. The molecule has 3 aromatic rings. The lowest BCUT2D eigenvalue weighted by atomic mass is 9.91. The van der Waals surface area contributed by atoms with Crippen LogP contribution in [0, 0.1) is 20.8 Å². The van der Waals surface area contributed by atoms with Gasteiger partial charge >= 0.3 is 0 Å². The third kappa shape index (κ3) is 3.20. The Morgan fingerprint density at radius 2 is 1.41 bits per heavy atom. The van der Waals surface area contributed by atoms with Crippen LogP contribution in [0.25, 0.3) is 11.1 Å². The maximum Gasteiger partial charge on any atom is 0.250 e. The standard InChI is InChI=1S/C24H26N2O3/c1-15-13-17(3)18(14-16(15)2)21-22(24(28)23(21)27)26-11-9-25(10-12-26)19-7-5-6-8-20(19)29-4/h5-8,13-14H,9-12H2,1-4H3. The number of methoxy groups -OCH3 is 1. The van der Waals surface area contributed by atoms with Crippen LogP contribution in [-0.2, 0) is 0 Å². The van der Waals surface area contributed by atoms with Gasteiger partial charge in [0.05, 0.1) is 18.4 Å². The molecule has 1 heterocycles. The molecule has 1 fully saturated rings. The zero-order valence-corrected chi connectivity index (χ0v) is 17.4. The Bertz CT molecular complexity index is 1130. The van der Waals surface area contributed by atoms with Crippen LogP contribution in [0.2, 0.25) is 0 Å². The Morgan fingerprint density at radius 1 is 0.793 bits per heavy atom. The van der Waals surface area contributed by atoms with Crippen molar-refractivity contribution in [2.75, 3.05) is 43.1 Å². The summed E-state index contributed by atoms with van der Waals surface area (Å²) in [5.41, 5.74) is 5.76. The SMILES string of the molecule is COc1ccccc1N1CCN(c2c(-c3cc(C)c(C)cc3C)c(=O)c2=O)CC1. The summed E-state index contributed by atoms with van der Waals surface area (Å²) in [4.78, 5) is 29.3. The van der Waals surface area contributed by atoms with Crippen molar-refractivity contribution >= 4 is 11.4 Å². The number of piperazine rings is 1. The lowest BCUT2D eigenvalue weighted by Crippen LogP contribution is -2.51. The molecular weight excluding hydrogens is 364 g/mol. The maximum absolute atomic E-state index is 12.5. The number of hydrogen-bond donors (Lipinski definition) is 0. The Kier molecular flexibility index (Phi) is 4.91. The summed E-state index contributed by atoms with van der Waals surface area (Å²) in [6.45, 7) is 9.03. The van der Waals surface area contributed by atoms with Gasteiger partial charge in [0, 0.05) is 26.2 Å². The summed E-state index contributed by atoms with van der Waals surface area (Å²) < 4.78 is 5.48. The summed E-state index contributed by atoms with van der Waals surface area (Å²) in [5, 5.41) is 0. The predicted octanol–water partition coefficient (Wildman–Crippen LogP) is 3.21. The van der Waals surface area contributed by atoms with Crippen LogP contribution in [0.1, 0.15) is 16.7 Å². The van der Waals surface area contributed by atoms with Crippen molar-refractivity contribution in [2.45, 2.75) is 20.8 Å². The van der Waals surface area contributed by atoms with Crippen LogP contribution >= 0.6 is 0 Å². The van der Waals surface area contributed by atoms with E-state index in [9.17, 15) is 9.59 Å². The van der Waals surface area contributed by atoms with Crippen molar-refractivity contribution in [3.8, 4) is 16.9 Å². The molecule has 1 aliphatic rings. The fourth-order valence-corrected chi connectivity index (χ4v) is 4.22. The van der Waals surface area contributed by atoms with E-state index in [1.54, 1.807) is 7.11 Å². The van der Waals surface area contributed by atoms with E-state index >= 15 is 0 Å². The number of rotatable bonds is 4. The van der Waals surface area contributed by atoms with E-state index in [1.807, 2.05) is 38.1 Å². The Morgan fingerprint density at radius 3 is 2.10 bits per heavy atom. The summed E-state index contributed by atoms with van der Waals surface area (Å²) in [7, 11) is 1.68. The number of aryl methyl sites for hydroxylation is 3. The van der Waals surface area contributed by atoms with Crippen molar-refractivity contribution in [1.29, 1.82) is 0 Å². The van der Waals surface area contributed by atoms with Gasteiger partial charge in [-0.1, -0.05) is 24.3 Å². The number of anilines is 2. The molecule has 0 atom stereocenters. The molecule has 150 valence electrons. The average Bonchev–Trinajstić information content (AvgIpc) is 2.74. The first kappa shape index (κ1) is 19.2. The third-order valence-electron chi connectivity index (χ3n) is 6.02. The molecule has 0 radical (unpaired) electrons. The minimum atomic E-state index is -0.362. The molecule has 5 heteroatoms. The maximum atomic E-state index is 12.5.